The van der Waals surface area contributed by atoms with Gasteiger partial charge in [-0.3, -0.25) is 0 Å². The molecule has 0 saturated carbocycles. The van der Waals surface area contributed by atoms with Gasteiger partial charge in [0.15, 0.2) is 5.60 Å². The Labute approximate surface area is 147 Å². The number of rotatable bonds is 4. The van der Waals surface area contributed by atoms with Crippen molar-refractivity contribution in [3.05, 3.63) is 56.4 Å². The van der Waals surface area contributed by atoms with Crippen LogP contribution in [0.15, 0.2) is 46.7 Å². The molecule has 0 bridgehead atoms. The van der Waals surface area contributed by atoms with E-state index in [9.17, 15) is 5.11 Å². The summed E-state index contributed by atoms with van der Waals surface area (Å²) >= 11 is 3.25. The van der Waals surface area contributed by atoms with E-state index in [1.165, 1.54) is 5.57 Å². The van der Waals surface area contributed by atoms with Crippen molar-refractivity contribution >= 4 is 22.7 Å². The van der Waals surface area contributed by atoms with Gasteiger partial charge in [0, 0.05) is 21.8 Å². The molecular formula is C19H25NOS2. The molecule has 124 valence electrons. The summed E-state index contributed by atoms with van der Waals surface area (Å²) in [7, 11) is 2.22. The molecule has 1 N–H and O–H groups in total. The highest BCUT2D eigenvalue weighted by molar-refractivity contribution is 7.11. The second kappa shape index (κ2) is 6.89. The smallest absolute Gasteiger partial charge is 0.152 e. The van der Waals surface area contributed by atoms with Crippen LogP contribution in [0.5, 0.6) is 0 Å². The second-order valence-corrected chi connectivity index (χ2v) is 8.40. The maximum atomic E-state index is 11.5. The lowest BCUT2D eigenvalue weighted by Gasteiger charge is -2.39. The van der Waals surface area contributed by atoms with Crippen molar-refractivity contribution in [1.29, 1.82) is 0 Å². The van der Waals surface area contributed by atoms with E-state index in [0.717, 1.165) is 29.0 Å². The van der Waals surface area contributed by atoms with Crippen molar-refractivity contribution in [3.8, 4) is 0 Å². The molecule has 4 heteroatoms. The molecule has 1 aliphatic heterocycles. The zero-order valence-electron chi connectivity index (χ0n) is 14.0. The molecule has 0 amide bonds. The molecule has 0 radical (unpaired) electrons. The van der Waals surface area contributed by atoms with Crippen molar-refractivity contribution < 1.29 is 5.11 Å². The second-order valence-electron chi connectivity index (χ2n) is 6.51. The van der Waals surface area contributed by atoms with Crippen LogP contribution in [0.1, 0.15) is 42.9 Å². The van der Waals surface area contributed by atoms with Crippen LogP contribution in [0, 0.1) is 0 Å². The fraction of sp³-hybridized carbons (Fsp3) is 0.474. The Kier molecular flexibility index (Phi) is 5.07. The Hall–Kier alpha value is -0.940. The zero-order chi connectivity index (χ0) is 16.4. The lowest BCUT2D eigenvalue weighted by atomic mass is 9.86. The summed E-state index contributed by atoms with van der Waals surface area (Å²) in [5, 5.41) is 15.6. The average Bonchev–Trinajstić information content (AvgIpc) is 3.24. The maximum Gasteiger partial charge on any atom is 0.152 e. The topological polar surface area (TPSA) is 23.5 Å². The van der Waals surface area contributed by atoms with Crippen molar-refractivity contribution in [2.75, 3.05) is 7.05 Å². The van der Waals surface area contributed by atoms with E-state index in [1.807, 2.05) is 35.0 Å². The van der Waals surface area contributed by atoms with Gasteiger partial charge in [-0.05, 0) is 62.2 Å². The van der Waals surface area contributed by atoms with Crippen LogP contribution in [-0.2, 0) is 5.60 Å². The van der Waals surface area contributed by atoms with E-state index in [4.69, 9.17) is 0 Å². The van der Waals surface area contributed by atoms with Gasteiger partial charge in [0.1, 0.15) is 0 Å². The minimum Gasteiger partial charge on any atom is -0.375 e. The third-order valence-electron chi connectivity index (χ3n) is 5.00. The average molecular weight is 348 g/mol. The first kappa shape index (κ1) is 16.9. The number of hydrogen-bond donors (Lipinski definition) is 1. The number of nitrogens with zero attached hydrogens (tertiary/aromatic N) is 1. The lowest BCUT2D eigenvalue weighted by Crippen LogP contribution is -2.43. The van der Waals surface area contributed by atoms with Crippen molar-refractivity contribution in [2.45, 2.75) is 50.8 Å². The summed E-state index contributed by atoms with van der Waals surface area (Å²) in [5.74, 6) is 0. The third kappa shape index (κ3) is 3.31. The summed E-state index contributed by atoms with van der Waals surface area (Å²) in [6.45, 7) is 4.53. The molecule has 3 rings (SSSR count). The van der Waals surface area contributed by atoms with Crippen molar-refractivity contribution in [1.82, 2.24) is 4.90 Å². The SMILES string of the molecule is CC[C@H]1C/C(=C/C(O)(c2cccs2)c2cccs2)C[C@@H](C)N1C. The van der Waals surface area contributed by atoms with Gasteiger partial charge in [-0.15, -0.1) is 22.7 Å². The fourth-order valence-electron chi connectivity index (χ4n) is 3.51. The van der Waals surface area contributed by atoms with Gasteiger partial charge >= 0.3 is 0 Å². The van der Waals surface area contributed by atoms with Crippen molar-refractivity contribution in [3.63, 3.8) is 0 Å². The van der Waals surface area contributed by atoms with Crippen LogP contribution in [0.3, 0.4) is 0 Å². The van der Waals surface area contributed by atoms with E-state index in [0.29, 0.717) is 12.1 Å². The number of piperidine rings is 1. The van der Waals surface area contributed by atoms with Gasteiger partial charge in [-0.1, -0.05) is 24.6 Å². The van der Waals surface area contributed by atoms with Crippen LogP contribution in [-0.4, -0.2) is 29.1 Å². The number of likely N-dealkylation sites (tertiary alicyclic amines) is 1. The Bertz CT molecular complexity index is 611. The Balaban J connectivity index is 1.99. The van der Waals surface area contributed by atoms with Crippen LogP contribution < -0.4 is 0 Å². The maximum absolute atomic E-state index is 11.5. The molecule has 0 aromatic carbocycles. The highest BCUT2D eigenvalue weighted by atomic mass is 32.1. The summed E-state index contributed by atoms with van der Waals surface area (Å²) in [4.78, 5) is 4.49. The van der Waals surface area contributed by atoms with Gasteiger partial charge in [0.05, 0.1) is 0 Å². The van der Waals surface area contributed by atoms with Gasteiger partial charge in [-0.25, -0.2) is 0 Å². The molecule has 1 saturated heterocycles. The minimum absolute atomic E-state index is 0.524. The van der Waals surface area contributed by atoms with Crippen LogP contribution in [0.2, 0.25) is 0 Å². The van der Waals surface area contributed by atoms with Crippen molar-refractivity contribution in [2.24, 2.45) is 0 Å². The summed E-state index contributed by atoms with van der Waals surface area (Å²) < 4.78 is 0. The Morgan fingerprint density at radius 3 is 2.30 bits per heavy atom. The Morgan fingerprint density at radius 1 is 1.22 bits per heavy atom. The van der Waals surface area contributed by atoms with E-state index < -0.39 is 5.60 Å². The summed E-state index contributed by atoms with van der Waals surface area (Å²) in [5.41, 5.74) is 0.401. The van der Waals surface area contributed by atoms with Gasteiger partial charge in [0.25, 0.3) is 0 Å². The monoisotopic (exact) mass is 347 g/mol. The predicted molar refractivity (Wildman–Crippen MR) is 100 cm³/mol. The lowest BCUT2D eigenvalue weighted by molar-refractivity contribution is 0.129. The number of aliphatic hydroxyl groups is 1. The third-order valence-corrected chi connectivity index (χ3v) is 6.99. The van der Waals surface area contributed by atoms with E-state index in [2.05, 4.69) is 31.9 Å². The molecule has 23 heavy (non-hydrogen) atoms. The van der Waals surface area contributed by atoms with Gasteiger partial charge in [-0.2, -0.15) is 0 Å². The summed E-state index contributed by atoms with van der Waals surface area (Å²) in [6.07, 6.45) is 5.37. The predicted octanol–water partition coefficient (Wildman–Crippen LogP) is 4.86. The van der Waals surface area contributed by atoms with Gasteiger partial charge < -0.3 is 10.0 Å². The Morgan fingerprint density at radius 2 is 1.83 bits per heavy atom. The zero-order valence-corrected chi connectivity index (χ0v) is 15.7. The molecule has 0 unspecified atom stereocenters. The quantitative estimate of drug-likeness (QED) is 0.798. The van der Waals surface area contributed by atoms with Crippen LogP contribution >= 0.6 is 22.7 Å². The molecule has 2 aromatic heterocycles. The molecule has 2 nitrogen and oxygen atoms in total. The molecule has 2 atom stereocenters. The standard InChI is InChI=1S/C19H25NOS2/c1-4-16-12-15(11-14(2)20(16)3)13-19(21,17-7-5-9-22-17)18-8-6-10-23-18/h5-10,13-14,16,21H,4,11-12H2,1-3H3/b15-13+/t14-,16+/m1/s1. The highest BCUT2D eigenvalue weighted by Crippen LogP contribution is 2.40. The fourth-order valence-corrected chi connectivity index (χ4v) is 5.20. The molecule has 3 heterocycles. The first-order valence-corrected chi connectivity index (χ1v) is 10.0. The largest absolute Gasteiger partial charge is 0.375 e. The van der Waals surface area contributed by atoms with Crippen LogP contribution in [0.25, 0.3) is 0 Å². The summed E-state index contributed by atoms with van der Waals surface area (Å²) in [6, 6.07) is 9.21. The molecule has 0 spiro atoms. The first-order valence-electron chi connectivity index (χ1n) is 8.27. The number of thiophene rings is 2. The van der Waals surface area contributed by atoms with E-state index in [-0.39, 0.29) is 0 Å². The molecule has 2 aromatic rings. The normalized spacial score (nSPS) is 25.1. The minimum atomic E-state index is -0.981. The van der Waals surface area contributed by atoms with E-state index >= 15 is 0 Å². The van der Waals surface area contributed by atoms with Gasteiger partial charge in [0.2, 0.25) is 0 Å². The van der Waals surface area contributed by atoms with E-state index in [1.54, 1.807) is 22.7 Å². The molecule has 1 fully saturated rings. The molecule has 1 aliphatic rings. The molecular weight excluding hydrogens is 322 g/mol. The number of hydrogen-bond acceptors (Lipinski definition) is 4. The van der Waals surface area contributed by atoms with Crippen LogP contribution in [0.4, 0.5) is 0 Å². The first-order chi connectivity index (χ1) is 11.0. The highest BCUT2D eigenvalue weighted by Gasteiger charge is 2.34. The molecule has 0 aliphatic carbocycles.